The van der Waals surface area contributed by atoms with Crippen molar-refractivity contribution in [1.29, 1.82) is 0 Å². The Kier molecular flexibility index (Phi) is 5.38. The molecule has 5 heteroatoms. The van der Waals surface area contributed by atoms with Crippen LogP contribution in [0.2, 0.25) is 0 Å². The molecule has 1 aromatic heterocycles. The second-order valence-corrected chi connectivity index (χ2v) is 5.33. The number of ether oxygens (including phenoxy) is 1. The summed E-state index contributed by atoms with van der Waals surface area (Å²) >= 11 is 1.70. The van der Waals surface area contributed by atoms with Crippen molar-refractivity contribution in [2.45, 2.75) is 38.3 Å². The summed E-state index contributed by atoms with van der Waals surface area (Å²) < 4.78 is 5.66. The van der Waals surface area contributed by atoms with Gasteiger partial charge in [0.15, 0.2) is 0 Å². The lowest BCUT2D eigenvalue weighted by Crippen LogP contribution is -2.31. The fraction of sp³-hybridized carbons (Fsp3) is 0.750. The Hall–Kier alpha value is -0.490. The van der Waals surface area contributed by atoms with E-state index in [1.807, 2.05) is 0 Å². The summed E-state index contributed by atoms with van der Waals surface area (Å²) in [6, 6.07) is 0. The Morgan fingerprint density at radius 1 is 1.53 bits per heavy atom. The molecule has 0 amide bonds. The van der Waals surface area contributed by atoms with E-state index >= 15 is 0 Å². The molecule has 1 unspecified atom stereocenters. The van der Waals surface area contributed by atoms with Gasteiger partial charge in [0.05, 0.1) is 16.8 Å². The van der Waals surface area contributed by atoms with Crippen molar-refractivity contribution in [3.63, 3.8) is 0 Å². The zero-order valence-corrected chi connectivity index (χ0v) is 11.0. The highest BCUT2D eigenvalue weighted by Gasteiger charge is 2.13. The van der Waals surface area contributed by atoms with Gasteiger partial charge >= 0.3 is 0 Å². The van der Waals surface area contributed by atoms with Crippen LogP contribution in [0.15, 0.2) is 5.38 Å². The van der Waals surface area contributed by atoms with Gasteiger partial charge in [-0.3, -0.25) is 0 Å². The number of thiazole rings is 1. The third kappa shape index (κ3) is 4.35. The monoisotopic (exact) mass is 255 g/mol. The summed E-state index contributed by atoms with van der Waals surface area (Å²) in [7, 11) is 0. The Bertz CT molecular complexity index is 323. The van der Waals surface area contributed by atoms with E-state index in [2.05, 4.69) is 15.7 Å². The molecule has 2 heterocycles. The molecule has 3 N–H and O–H groups in total. The summed E-state index contributed by atoms with van der Waals surface area (Å²) in [6.45, 7) is 3.37. The van der Waals surface area contributed by atoms with Crippen molar-refractivity contribution >= 4 is 11.3 Å². The first-order valence-corrected chi connectivity index (χ1v) is 7.22. The van der Waals surface area contributed by atoms with Gasteiger partial charge in [-0.05, 0) is 25.8 Å². The van der Waals surface area contributed by atoms with Crippen LogP contribution in [0.25, 0.3) is 0 Å². The van der Waals surface area contributed by atoms with Crippen LogP contribution in [0.3, 0.4) is 0 Å². The fourth-order valence-electron chi connectivity index (χ4n) is 2.00. The molecule has 1 aromatic rings. The molecule has 0 radical (unpaired) electrons. The molecule has 96 valence electrons. The van der Waals surface area contributed by atoms with E-state index in [9.17, 15) is 0 Å². The van der Waals surface area contributed by atoms with Crippen LogP contribution in [0.1, 0.15) is 30.0 Å². The SMILES string of the molecule is NCCc1nc(CNCC2CCCCO2)cs1. The van der Waals surface area contributed by atoms with Crippen molar-refractivity contribution in [3.8, 4) is 0 Å². The van der Waals surface area contributed by atoms with Crippen LogP contribution in [0.4, 0.5) is 0 Å². The Morgan fingerprint density at radius 2 is 2.47 bits per heavy atom. The van der Waals surface area contributed by atoms with E-state index in [-0.39, 0.29) is 0 Å². The highest BCUT2D eigenvalue weighted by atomic mass is 32.1. The van der Waals surface area contributed by atoms with E-state index in [1.54, 1.807) is 11.3 Å². The van der Waals surface area contributed by atoms with Crippen molar-refractivity contribution in [1.82, 2.24) is 10.3 Å². The first-order chi connectivity index (χ1) is 8.38. The highest BCUT2D eigenvalue weighted by molar-refractivity contribution is 7.09. The van der Waals surface area contributed by atoms with Crippen molar-refractivity contribution in [2.75, 3.05) is 19.7 Å². The lowest BCUT2D eigenvalue weighted by Gasteiger charge is -2.22. The van der Waals surface area contributed by atoms with Gasteiger partial charge in [-0.2, -0.15) is 0 Å². The minimum atomic E-state index is 0.394. The van der Waals surface area contributed by atoms with Crippen LogP contribution >= 0.6 is 11.3 Å². The topological polar surface area (TPSA) is 60.2 Å². The van der Waals surface area contributed by atoms with E-state index in [1.165, 1.54) is 19.3 Å². The molecule has 0 aromatic carbocycles. The molecule has 0 aliphatic carbocycles. The van der Waals surface area contributed by atoms with Gasteiger partial charge in [0.1, 0.15) is 0 Å². The van der Waals surface area contributed by atoms with Gasteiger partial charge < -0.3 is 15.8 Å². The molecule has 1 atom stereocenters. The number of nitrogens with two attached hydrogens (primary N) is 1. The number of nitrogens with one attached hydrogen (secondary N) is 1. The lowest BCUT2D eigenvalue weighted by molar-refractivity contribution is 0.0167. The molecule has 17 heavy (non-hydrogen) atoms. The van der Waals surface area contributed by atoms with Crippen molar-refractivity contribution in [2.24, 2.45) is 5.73 Å². The maximum atomic E-state index is 5.66. The summed E-state index contributed by atoms with van der Waals surface area (Å²) in [5.41, 5.74) is 6.62. The van der Waals surface area contributed by atoms with Crippen LogP contribution < -0.4 is 11.1 Å². The maximum absolute atomic E-state index is 5.66. The van der Waals surface area contributed by atoms with Crippen LogP contribution in [-0.2, 0) is 17.7 Å². The number of nitrogens with zero attached hydrogens (tertiary/aromatic N) is 1. The maximum Gasteiger partial charge on any atom is 0.0941 e. The molecule has 0 spiro atoms. The molecular formula is C12H21N3OS. The average molecular weight is 255 g/mol. The largest absolute Gasteiger partial charge is 0.377 e. The van der Waals surface area contributed by atoms with E-state index in [0.29, 0.717) is 12.6 Å². The zero-order valence-electron chi connectivity index (χ0n) is 10.2. The second kappa shape index (κ2) is 7.06. The van der Waals surface area contributed by atoms with Crippen molar-refractivity contribution < 1.29 is 4.74 Å². The number of aromatic nitrogens is 1. The standard InChI is InChI=1S/C12H21N3OS/c13-5-4-12-15-10(9-17-12)7-14-8-11-3-1-2-6-16-11/h9,11,14H,1-8,13H2. The molecule has 0 bridgehead atoms. The molecule has 1 fully saturated rings. The number of hydrogen-bond donors (Lipinski definition) is 2. The van der Waals surface area contributed by atoms with Gasteiger partial charge in [-0.25, -0.2) is 4.98 Å². The number of rotatable bonds is 6. The first-order valence-electron chi connectivity index (χ1n) is 6.34. The fourth-order valence-corrected chi connectivity index (χ4v) is 2.81. The summed E-state index contributed by atoms with van der Waals surface area (Å²) in [6.07, 6.45) is 4.97. The van der Waals surface area contributed by atoms with E-state index < -0.39 is 0 Å². The third-order valence-corrected chi connectivity index (χ3v) is 3.87. The minimum absolute atomic E-state index is 0.394. The van der Waals surface area contributed by atoms with Crippen LogP contribution in [0, 0.1) is 0 Å². The Balaban J connectivity index is 1.66. The molecule has 1 aliphatic heterocycles. The molecule has 0 saturated carbocycles. The van der Waals surface area contributed by atoms with Crippen LogP contribution in [-0.4, -0.2) is 30.8 Å². The van der Waals surface area contributed by atoms with E-state index in [0.717, 1.165) is 36.8 Å². The summed E-state index contributed by atoms with van der Waals surface area (Å²) in [5, 5.41) is 6.66. The molecule has 1 saturated heterocycles. The predicted octanol–water partition coefficient (Wildman–Crippen LogP) is 1.30. The third-order valence-electron chi connectivity index (χ3n) is 2.91. The lowest BCUT2D eigenvalue weighted by atomic mass is 10.1. The summed E-state index contributed by atoms with van der Waals surface area (Å²) in [5.74, 6) is 0. The van der Waals surface area contributed by atoms with E-state index in [4.69, 9.17) is 10.5 Å². The van der Waals surface area contributed by atoms with Gasteiger partial charge in [0.2, 0.25) is 0 Å². The Morgan fingerprint density at radius 3 is 3.24 bits per heavy atom. The molecule has 2 rings (SSSR count). The average Bonchev–Trinajstić information content (AvgIpc) is 2.79. The minimum Gasteiger partial charge on any atom is -0.377 e. The van der Waals surface area contributed by atoms with Gasteiger partial charge in [0.25, 0.3) is 0 Å². The first kappa shape index (κ1) is 13.0. The summed E-state index contributed by atoms with van der Waals surface area (Å²) in [4.78, 5) is 4.52. The van der Waals surface area contributed by atoms with Crippen LogP contribution in [0.5, 0.6) is 0 Å². The predicted molar refractivity (Wildman–Crippen MR) is 70.2 cm³/mol. The van der Waals surface area contributed by atoms with Gasteiger partial charge in [-0.1, -0.05) is 0 Å². The molecule has 4 nitrogen and oxygen atoms in total. The van der Waals surface area contributed by atoms with Crippen molar-refractivity contribution in [3.05, 3.63) is 16.1 Å². The van der Waals surface area contributed by atoms with Gasteiger partial charge in [-0.15, -0.1) is 11.3 Å². The number of hydrogen-bond acceptors (Lipinski definition) is 5. The molecule has 1 aliphatic rings. The smallest absolute Gasteiger partial charge is 0.0941 e. The normalized spacial score (nSPS) is 20.6. The Labute approximate surface area is 107 Å². The molecular weight excluding hydrogens is 234 g/mol. The van der Waals surface area contributed by atoms with Gasteiger partial charge in [0, 0.05) is 31.5 Å². The highest BCUT2D eigenvalue weighted by Crippen LogP contribution is 2.12. The quantitative estimate of drug-likeness (QED) is 0.804. The zero-order chi connectivity index (χ0) is 11.9. The second-order valence-electron chi connectivity index (χ2n) is 4.39.